The van der Waals surface area contributed by atoms with Gasteiger partial charge < -0.3 is 9.30 Å². The lowest BCUT2D eigenvalue weighted by atomic mass is 9.86. The molecule has 2 atom stereocenters. The number of esters is 1. The highest BCUT2D eigenvalue weighted by molar-refractivity contribution is 5.84. The highest BCUT2D eigenvalue weighted by Crippen LogP contribution is 2.31. The van der Waals surface area contributed by atoms with Crippen LogP contribution in [0.4, 0.5) is 0 Å². The van der Waals surface area contributed by atoms with Gasteiger partial charge in [-0.25, -0.2) is 9.78 Å². The van der Waals surface area contributed by atoms with Gasteiger partial charge in [0.15, 0.2) is 0 Å². The number of nitrogens with zero attached hydrogens (tertiary/aromatic N) is 2. The minimum absolute atomic E-state index is 0.0893. The summed E-state index contributed by atoms with van der Waals surface area (Å²) < 4.78 is 7.59. The first-order valence-electron chi connectivity index (χ1n) is 10.0. The van der Waals surface area contributed by atoms with E-state index in [1.165, 1.54) is 5.56 Å². The van der Waals surface area contributed by atoms with Crippen molar-refractivity contribution < 1.29 is 9.53 Å². The van der Waals surface area contributed by atoms with E-state index in [-0.39, 0.29) is 17.5 Å². The van der Waals surface area contributed by atoms with Crippen LogP contribution in [0.25, 0.3) is 22.4 Å². The van der Waals surface area contributed by atoms with Gasteiger partial charge in [-0.15, -0.1) is 0 Å². The highest BCUT2D eigenvalue weighted by Gasteiger charge is 2.25. The van der Waals surface area contributed by atoms with Gasteiger partial charge in [0.05, 0.1) is 17.1 Å². The van der Waals surface area contributed by atoms with E-state index in [1.807, 2.05) is 49.6 Å². The molecular weight excluding hydrogens is 348 g/mol. The number of carbonyl (C=O) groups is 1. The Bertz CT molecular complexity index is 964. The van der Waals surface area contributed by atoms with Gasteiger partial charge in [0.1, 0.15) is 11.9 Å². The number of hydrogen-bond donors (Lipinski definition) is 0. The molecule has 4 heteroatoms. The molecule has 0 aliphatic carbocycles. The molecule has 0 radical (unpaired) electrons. The minimum Gasteiger partial charge on any atom is -0.461 e. The smallest absolute Gasteiger partial charge is 0.329 e. The molecule has 4 nitrogen and oxygen atoms in total. The third-order valence-electron chi connectivity index (χ3n) is 5.23. The van der Waals surface area contributed by atoms with Crippen molar-refractivity contribution in [2.24, 2.45) is 0 Å². The second-order valence-electron chi connectivity index (χ2n) is 8.45. The second-order valence-corrected chi connectivity index (χ2v) is 8.45. The first-order valence-corrected chi connectivity index (χ1v) is 10.0. The lowest BCUT2D eigenvalue weighted by molar-refractivity contribution is -0.151. The van der Waals surface area contributed by atoms with Gasteiger partial charge in [-0.3, -0.25) is 0 Å². The molecule has 0 bridgehead atoms. The number of para-hydroxylation sites is 2. The first-order chi connectivity index (χ1) is 13.2. The molecule has 1 heterocycles. The molecule has 148 valence electrons. The minimum atomic E-state index is -0.460. The maximum absolute atomic E-state index is 12.8. The van der Waals surface area contributed by atoms with Crippen molar-refractivity contribution in [2.75, 3.05) is 0 Å². The standard InChI is InChI=1S/C24H30N2O2/c1-7-16(2)28-23(27)17(3)26-21-11-9-8-10-20(21)25-22(26)18-12-14-19(15-13-18)24(4,5)6/h8-17H,7H2,1-6H3. The summed E-state index contributed by atoms with van der Waals surface area (Å²) in [6.45, 7) is 12.4. The molecule has 0 saturated carbocycles. The van der Waals surface area contributed by atoms with Crippen LogP contribution in [0.15, 0.2) is 48.5 Å². The predicted molar refractivity (Wildman–Crippen MR) is 114 cm³/mol. The molecule has 2 aromatic carbocycles. The zero-order valence-corrected chi connectivity index (χ0v) is 17.7. The van der Waals surface area contributed by atoms with Crippen LogP contribution in [-0.4, -0.2) is 21.6 Å². The van der Waals surface area contributed by atoms with E-state index < -0.39 is 6.04 Å². The van der Waals surface area contributed by atoms with Gasteiger partial charge in [-0.05, 0) is 43.4 Å². The van der Waals surface area contributed by atoms with Crippen molar-refractivity contribution in [3.8, 4) is 11.4 Å². The van der Waals surface area contributed by atoms with Crippen LogP contribution in [0.2, 0.25) is 0 Å². The first kappa shape index (κ1) is 20.1. The summed E-state index contributed by atoms with van der Waals surface area (Å²) >= 11 is 0. The Kier molecular flexibility index (Phi) is 5.59. The topological polar surface area (TPSA) is 44.1 Å². The monoisotopic (exact) mass is 378 g/mol. The number of ether oxygens (including phenoxy) is 1. The average Bonchev–Trinajstić information content (AvgIpc) is 3.06. The van der Waals surface area contributed by atoms with Crippen LogP contribution in [0.5, 0.6) is 0 Å². The third kappa shape index (κ3) is 3.96. The summed E-state index contributed by atoms with van der Waals surface area (Å²) in [7, 11) is 0. The van der Waals surface area contributed by atoms with Gasteiger partial charge in [-0.2, -0.15) is 0 Å². The summed E-state index contributed by atoms with van der Waals surface area (Å²) in [4.78, 5) is 17.6. The number of aromatic nitrogens is 2. The fraction of sp³-hybridized carbons (Fsp3) is 0.417. The molecule has 3 rings (SSSR count). The maximum Gasteiger partial charge on any atom is 0.329 e. The number of fused-ring (bicyclic) bond motifs is 1. The molecular formula is C24H30N2O2. The summed E-state index contributed by atoms with van der Waals surface area (Å²) in [5.41, 5.74) is 4.16. The Morgan fingerprint density at radius 1 is 1.07 bits per heavy atom. The molecule has 0 amide bonds. The summed E-state index contributed by atoms with van der Waals surface area (Å²) in [5, 5.41) is 0. The molecule has 0 aliphatic heterocycles. The Labute approximate surface area is 167 Å². The number of benzene rings is 2. The Morgan fingerprint density at radius 3 is 2.32 bits per heavy atom. The molecule has 0 aliphatic rings. The summed E-state index contributed by atoms with van der Waals surface area (Å²) in [6.07, 6.45) is 0.698. The van der Waals surface area contributed by atoms with E-state index in [0.29, 0.717) is 0 Å². The molecule has 0 saturated heterocycles. The molecule has 28 heavy (non-hydrogen) atoms. The van der Waals surface area contributed by atoms with E-state index in [4.69, 9.17) is 9.72 Å². The maximum atomic E-state index is 12.8. The Hall–Kier alpha value is -2.62. The molecule has 0 fully saturated rings. The van der Waals surface area contributed by atoms with Crippen LogP contribution in [0, 0.1) is 0 Å². The van der Waals surface area contributed by atoms with Crippen LogP contribution >= 0.6 is 0 Å². The largest absolute Gasteiger partial charge is 0.461 e. The fourth-order valence-corrected chi connectivity index (χ4v) is 3.24. The summed E-state index contributed by atoms with van der Waals surface area (Å²) in [5.74, 6) is 0.556. The van der Waals surface area contributed by atoms with E-state index in [2.05, 4.69) is 45.0 Å². The predicted octanol–water partition coefficient (Wildman–Crippen LogP) is 5.90. The van der Waals surface area contributed by atoms with Gasteiger partial charge in [0.2, 0.25) is 0 Å². The normalized spacial score (nSPS) is 14.1. The van der Waals surface area contributed by atoms with Crippen molar-refractivity contribution in [2.45, 2.75) is 65.5 Å². The second kappa shape index (κ2) is 7.78. The number of hydrogen-bond acceptors (Lipinski definition) is 3. The molecule has 2 unspecified atom stereocenters. The van der Waals surface area contributed by atoms with E-state index >= 15 is 0 Å². The SMILES string of the molecule is CCC(C)OC(=O)C(C)n1c(-c2ccc(C(C)(C)C)cc2)nc2ccccc21. The number of imidazole rings is 1. The fourth-order valence-electron chi connectivity index (χ4n) is 3.24. The van der Waals surface area contributed by atoms with Crippen LogP contribution < -0.4 is 0 Å². The number of rotatable bonds is 5. The molecule has 3 aromatic rings. The van der Waals surface area contributed by atoms with Gasteiger partial charge in [-0.1, -0.05) is 64.1 Å². The Morgan fingerprint density at radius 2 is 1.71 bits per heavy atom. The molecule has 1 aromatic heterocycles. The van der Waals surface area contributed by atoms with E-state index in [1.54, 1.807) is 0 Å². The lowest BCUT2D eigenvalue weighted by Crippen LogP contribution is -2.23. The zero-order valence-electron chi connectivity index (χ0n) is 17.7. The highest BCUT2D eigenvalue weighted by atomic mass is 16.5. The van der Waals surface area contributed by atoms with Crippen molar-refractivity contribution >= 4 is 17.0 Å². The van der Waals surface area contributed by atoms with E-state index in [9.17, 15) is 4.79 Å². The van der Waals surface area contributed by atoms with E-state index in [0.717, 1.165) is 28.8 Å². The Balaban J connectivity index is 2.08. The van der Waals surface area contributed by atoms with Gasteiger partial charge >= 0.3 is 5.97 Å². The van der Waals surface area contributed by atoms with Gasteiger partial charge in [0.25, 0.3) is 0 Å². The van der Waals surface area contributed by atoms with Crippen molar-refractivity contribution in [1.29, 1.82) is 0 Å². The van der Waals surface area contributed by atoms with Crippen molar-refractivity contribution in [3.05, 3.63) is 54.1 Å². The lowest BCUT2D eigenvalue weighted by Gasteiger charge is -2.21. The van der Waals surface area contributed by atoms with Crippen molar-refractivity contribution in [3.63, 3.8) is 0 Å². The van der Waals surface area contributed by atoms with Crippen LogP contribution in [-0.2, 0) is 14.9 Å². The molecule has 0 N–H and O–H groups in total. The zero-order chi connectivity index (χ0) is 20.5. The quantitative estimate of drug-likeness (QED) is 0.519. The van der Waals surface area contributed by atoms with Gasteiger partial charge in [0, 0.05) is 5.56 Å². The molecule has 0 spiro atoms. The number of carbonyl (C=O) groups excluding carboxylic acids is 1. The van der Waals surface area contributed by atoms with Crippen molar-refractivity contribution in [1.82, 2.24) is 9.55 Å². The third-order valence-corrected chi connectivity index (χ3v) is 5.23. The summed E-state index contributed by atoms with van der Waals surface area (Å²) in [6, 6.07) is 15.9. The average molecular weight is 379 g/mol. The van der Waals surface area contributed by atoms with Crippen LogP contribution in [0.1, 0.15) is 59.6 Å². The van der Waals surface area contributed by atoms with Crippen LogP contribution in [0.3, 0.4) is 0 Å².